The molecule has 0 fully saturated rings. The molecule has 0 bridgehead atoms. The van der Waals surface area contributed by atoms with Crippen LogP contribution in [0.4, 0.5) is 0 Å². The monoisotopic (exact) mass is 499 g/mol. The molecule has 13 nitrogen and oxygen atoms in total. The molecule has 5 rings (SSSR count). The fourth-order valence-electron chi connectivity index (χ4n) is 3.71. The van der Waals surface area contributed by atoms with E-state index in [4.69, 9.17) is 0 Å². The zero-order chi connectivity index (χ0) is 26.3. The third-order valence-electron chi connectivity index (χ3n) is 5.47. The van der Waals surface area contributed by atoms with Crippen molar-refractivity contribution in [1.29, 1.82) is 0 Å². The molecule has 0 aliphatic heterocycles. The molecule has 0 saturated carbocycles. The van der Waals surface area contributed by atoms with Crippen molar-refractivity contribution in [3.8, 4) is 45.6 Å². The van der Waals surface area contributed by atoms with Crippen LogP contribution in [0.3, 0.4) is 0 Å². The maximum atomic E-state index is 11.3. The number of rotatable bonds is 6. The molecule has 0 radical (unpaired) electrons. The van der Waals surface area contributed by atoms with Gasteiger partial charge in [-0.15, -0.1) is 10.2 Å². The van der Waals surface area contributed by atoms with E-state index in [9.17, 15) is 30.0 Å². The van der Waals surface area contributed by atoms with Gasteiger partial charge in [0.1, 0.15) is 33.9 Å². The van der Waals surface area contributed by atoms with Gasteiger partial charge in [-0.05, 0) is 48.9 Å². The van der Waals surface area contributed by atoms with Gasteiger partial charge in [0.15, 0.2) is 11.5 Å². The van der Waals surface area contributed by atoms with Crippen LogP contribution in [0.25, 0.3) is 34.2 Å². The van der Waals surface area contributed by atoms with Crippen molar-refractivity contribution >= 4 is 11.9 Å². The van der Waals surface area contributed by atoms with Gasteiger partial charge in [0.2, 0.25) is 0 Å². The number of benzene rings is 2. The number of aromatic nitrogens is 7. The molecule has 0 aliphatic carbocycles. The number of aryl methyl sites for hydroxylation is 1. The Morgan fingerprint density at radius 2 is 1.14 bits per heavy atom. The van der Waals surface area contributed by atoms with Crippen LogP contribution in [0.1, 0.15) is 26.3 Å². The fourth-order valence-corrected chi connectivity index (χ4v) is 3.71. The van der Waals surface area contributed by atoms with Gasteiger partial charge >= 0.3 is 11.9 Å². The predicted molar refractivity (Wildman–Crippen MR) is 127 cm³/mol. The Bertz CT molecular complexity index is 1570. The number of phenols is 2. The lowest BCUT2D eigenvalue weighted by atomic mass is 10.1. The van der Waals surface area contributed by atoms with Crippen LogP contribution in [0.15, 0.2) is 60.9 Å². The summed E-state index contributed by atoms with van der Waals surface area (Å²) in [6, 6.07) is 12.0. The minimum atomic E-state index is -1.28. The van der Waals surface area contributed by atoms with E-state index in [0.29, 0.717) is 22.8 Å². The van der Waals surface area contributed by atoms with E-state index >= 15 is 0 Å². The maximum Gasteiger partial charge on any atom is 0.339 e. The van der Waals surface area contributed by atoms with Crippen LogP contribution >= 0.6 is 0 Å². The van der Waals surface area contributed by atoms with Crippen molar-refractivity contribution in [2.24, 2.45) is 0 Å². The molecule has 3 aromatic heterocycles. The number of pyridine rings is 1. The van der Waals surface area contributed by atoms with Gasteiger partial charge in [-0.25, -0.2) is 23.9 Å². The first-order valence-corrected chi connectivity index (χ1v) is 10.7. The number of para-hydroxylation sites is 2. The smallest absolute Gasteiger partial charge is 0.339 e. The van der Waals surface area contributed by atoms with E-state index in [1.807, 2.05) is 6.92 Å². The quantitative estimate of drug-likeness (QED) is 0.269. The van der Waals surface area contributed by atoms with E-state index < -0.39 is 23.4 Å². The number of carbonyl (C=O) groups is 2. The standard InChI is InChI=1S/C24H17N7O6/c1-12-8-15(17-10-30(28-26-17)19-6-2-4-13(21(19)32)23(34)35)25-16(9-12)18-11-31(29-27-18)20-7-3-5-14(22(20)33)24(36)37/h2-11,32-33H,1H3,(H,34,35)(H,36,37). The Balaban J connectivity index is 1.50. The van der Waals surface area contributed by atoms with Crippen LogP contribution in [-0.2, 0) is 0 Å². The molecule has 184 valence electrons. The highest BCUT2D eigenvalue weighted by atomic mass is 16.4. The molecule has 37 heavy (non-hydrogen) atoms. The summed E-state index contributed by atoms with van der Waals surface area (Å²) in [4.78, 5) is 27.2. The molecular weight excluding hydrogens is 482 g/mol. The Labute approximate surface area is 207 Å². The highest BCUT2D eigenvalue weighted by molar-refractivity contribution is 5.92. The Morgan fingerprint density at radius 1 is 0.703 bits per heavy atom. The lowest BCUT2D eigenvalue weighted by Gasteiger charge is -2.06. The van der Waals surface area contributed by atoms with E-state index in [0.717, 1.165) is 5.56 Å². The highest BCUT2D eigenvalue weighted by Gasteiger charge is 2.19. The Hall–Kier alpha value is -5.59. The molecule has 2 aromatic carbocycles. The van der Waals surface area contributed by atoms with Gasteiger partial charge in [0, 0.05) is 0 Å². The average Bonchev–Trinajstić information content (AvgIpc) is 3.54. The van der Waals surface area contributed by atoms with Gasteiger partial charge in [-0.1, -0.05) is 22.6 Å². The second-order valence-corrected chi connectivity index (χ2v) is 7.97. The average molecular weight is 499 g/mol. The topological polar surface area (TPSA) is 189 Å². The summed E-state index contributed by atoms with van der Waals surface area (Å²) < 4.78 is 2.49. The molecule has 0 unspecified atom stereocenters. The second-order valence-electron chi connectivity index (χ2n) is 7.97. The lowest BCUT2D eigenvalue weighted by Crippen LogP contribution is -2.02. The molecule has 0 amide bonds. The molecule has 0 atom stereocenters. The largest absolute Gasteiger partial charge is 0.505 e. The Morgan fingerprint density at radius 3 is 1.54 bits per heavy atom. The molecule has 0 spiro atoms. The number of hydrogen-bond acceptors (Lipinski definition) is 9. The summed E-state index contributed by atoms with van der Waals surface area (Å²) in [7, 11) is 0. The number of carboxylic acids is 2. The number of aromatic hydroxyl groups is 2. The van der Waals surface area contributed by atoms with Crippen molar-refractivity contribution in [2.75, 3.05) is 0 Å². The van der Waals surface area contributed by atoms with Crippen LogP contribution in [0, 0.1) is 6.92 Å². The molecule has 0 saturated heterocycles. The number of nitrogens with zero attached hydrogens (tertiary/aromatic N) is 7. The van der Waals surface area contributed by atoms with E-state index in [2.05, 4.69) is 25.6 Å². The van der Waals surface area contributed by atoms with Crippen molar-refractivity contribution < 1.29 is 30.0 Å². The number of aromatic carboxylic acids is 2. The normalized spacial score (nSPS) is 10.9. The van der Waals surface area contributed by atoms with Crippen molar-refractivity contribution in [3.63, 3.8) is 0 Å². The first-order valence-electron chi connectivity index (χ1n) is 10.7. The lowest BCUT2D eigenvalue weighted by molar-refractivity contribution is 0.0682. The van der Waals surface area contributed by atoms with Crippen LogP contribution in [0.5, 0.6) is 11.5 Å². The number of carboxylic acid groups (broad SMARTS) is 2. The second kappa shape index (κ2) is 8.88. The summed E-state index contributed by atoms with van der Waals surface area (Å²) in [5, 5.41) is 55.4. The Kier molecular flexibility index (Phi) is 5.56. The van der Waals surface area contributed by atoms with E-state index in [1.165, 1.54) is 58.2 Å². The maximum absolute atomic E-state index is 11.3. The zero-order valence-corrected chi connectivity index (χ0v) is 19.0. The summed E-state index contributed by atoms with van der Waals surface area (Å²) in [5.74, 6) is -3.45. The summed E-state index contributed by atoms with van der Waals surface area (Å²) >= 11 is 0. The highest BCUT2D eigenvalue weighted by Crippen LogP contribution is 2.29. The summed E-state index contributed by atoms with van der Waals surface area (Å²) in [5.41, 5.74) is 2.11. The molecule has 0 aliphatic rings. The third kappa shape index (κ3) is 4.20. The van der Waals surface area contributed by atoms with Crippen molar-refractivity contribution in [3.05, 3.63) is 77.6 Å². The first-order chi connectivity index (χ1) is 17.7. The minimum absolute atomic E-state index is 0.137. The van der Waals surface area contributed by atoms with Crippen LogP contribution in [-0.4, -0.2) is 67.3 Å². The predicted octanol–water partition coefficient (Wildman–Crippen LogP) is 2.69. The van der Waals surface area contributed by atoms with Crippen LogP contribution in [0.2, 0.25) is 0 Å². The molecule has 5 aromatic rings. The fraction of sp³-hybridized carbons (Fsp3) is 0.0417. The number of hydrogen-bond donors (Lipinski definition) is 4. The van der Waals surface area contributed by atoms with Gasteiger partial charge in [-0.2, -0.15) is 0 Å². The molecule has 3 heterocycles. The van der Waals surface area contributed by atoms with Gasteiger partial charge in [-0.3, -0.25) is 0 Å². The van der Waals surface area contributed by atoms with Crippen molar-refractivity contribution in [1.82, 2.24) is 35.0 Å². The van der Waals surface area contributed by atoms with E-state index in [-0.39, 0.29) is 22.5 Å². The van der Waals surface area contributed by atoms with Gasteiger partial charge in [0.05, 0.1) is 23.8 Å². The molecule has 13 heteroatoms. The van der Waals surface area contributed by atoms with Gasteiger partial charge in [0.25, 0.3) is 0 Å². The zero-order valence-electron chi connectivity index (χ0n) is 19.0. The van der Waals surface area contributed by atoms with Gasteiger partial charge < -0.3 is 20.4 Å². The van der Waals surface area contributed by atoms with Crippen LogP contribution < -0.4 is 0 Å². The summed E-state index contributed by atoms with van der Waals surface area (Å²) in [6.45, 7) is 1.84. The first kappa shape index (κ1) is 23.2. The van der Waals surface area contributed by atoms with Crippen molar-refractivity contribution in [2.45, 2.75) is 6.92 Å². The molecular formula is C24H17N7O6. The van der Waals surface area contributed by atoms with E-state index in [1.54, 1.807) is 12.1 Å². The third-order valence-corrected chi connectivity index (χ3v) is 5.47. The minimum Gasteiger partial charge on any atom is -0.505 e. The SMILES string of the molecule is Cc1cc(-c2cn(-c3cccc(C(=O)O)c3O)nn2)nc(-c2cn(-c3cccc(C(=O)O)c3O)nn2)c1. The molecule has 4 N–H and O–H groups in total. The summed E-state index contributed by atoms with van der Waals surface area (Å²) in [6.07, 6.45) is 3.00.